The highest BCUT2D eigenvalue weighted by Gasteiger charge is 2.43. The normalized spacial score (nSPS) is 20.9. The average Bonchev–Trinajstić information content (AvgIpc) is 3.56. The number of carbonyl (C=O) groups excluding carboxylic acids is 1. The molecule has 1 saturated carbocycles. The first-order valence-corrected chi connectivity index (χ1v) is 12.8. The zero-order valence-corrected chi connectivity index (χ0v) is 21.7. The number of rotatable bonds is 8. The number of esters is 1. The van der Waals surface area contributed by atoms with Crippen LogP contribution in [0.3, 0.4) is 0 Å². The smallest absolute Gasteiger partial charge is 0.364 e. The van der Waals surface area contributed by atoms with Crippen LogP contribution in [0.4, 0.5) is 5.69 Å². The molecule has 2 fully saturated rings. The van der Waals surface area contributed by atoms with Gasteiger partial charge in [-0.1, -0.05) is 40.5 Å². The number of hydrogen-bond acceptors (Lipinski definition) is 7. The molecule has 1 aliphatic heterocycles. The van der Waals surface area contributed by atoms with Crippen molar-refractivity contribution in [3.05, 3.63) is 63.8 Å². The molecule has 0 N–H and O–H groups in total. The standard InChI is InChI=1S/C26H28Cl2N4O4/c1-3-35-26(33)24-25(32(30-29-24)13-16-4-7-20(34-2)8-5-16)36-21-10-17-14-31(15-18(17)11-21)19-6-9-22(27)23(28)12-19/h4-9,12,17-18,21H,3,10-11,13-15H2,1-2H3/t17-,18+,21?. The fourth-order valence-corrected chi connectivity index (χ4v) is 5.44. The average molecular weight is 531 g/mol. The Morgan fingerprint density at radius 1 is 1.06 bits per heavy atom. The van der Waals surface area contributed by atoms with Crippen LogP contribution in [0.2, 0.25) is 10.0 Å². The Morgan fingerprint density at radius 3 is 2.42 bits per heavy atom. The molecule has 5 rings (SSSR count). The second kappa shape index (κ2) is 10.6. The fourth-order valence-electron chi connectivity index (χ4n) is 5.15. The van der Waals surface area contributed by atoms with E-state index in [0.717, 1.165) is 42.9 Å². The molecule has 36 heavy (non-hydrogen) atoms. The van der Waals surface area contributed by atoms with Crippen molar-refractivity contribution in [2.24, 2.45) is 11.8 Å². The van der Waals surface area contributed by atoms with Crippen LogP contribution in [-0.2, 0) is 11.3 Å². The minimum absolute atomic E-state index is 0.0303. The van der Waals surface area contributed by atoms with Crippen LogP contribution < -0.4 is 14.4 Å². The number of fused-ring (bicyclic) bond motifs is 1. The Balaban J connectivity index is 1.29. The van der Waals surface area contributed by atoms with Crippen molar-refractivity contribution in [2.45, 2.75) is 32.4 Å². The van der Waals surface area contributed by atoms with E-state index in [4.69, 9.17) is 37.4 Å². The molecule has 1 saturated heterocycles. The number of ether oxygens (including phenoxy) is 3. The Kier molecular flexibility index (Phi) is 7.25. The van der Waals surface area contributed by atoms with Crippen LogP contribution in [-0.4, -0.2) is 53.9 Å². The van der Waals surface area contributed by atoms with E-state index in [1.165, 1.54) is 0 Å². The Morgan fingerprint density at radius 2 is 1.78 bits per heavy atom. The van der Waals surface area contributed by atoms with Gasteiger partial charge in [0.25, 0.3) is 0 Å². The topological polar surface area (TPSA) is 78.7 Å². The van der Waals surface area contributed by atoms with Crippen LogP contribution in [0.25, 0.3) is 0 Å². The third-order valence-corrected chi connectivity index (χ3v) is 7.64. The number of halogens is 2. The highest BCUT2D eigenvalue weighted by molar-refractivity contribution is 6.42. The van der Waals surface area contributed by atoms with Crippen molar-refractivity contribution < 1.29 is 19.0 Å². The molecule has 0 radical (unpaired) electrons. The van der Waals surface area contributed by atoms with Gasteiger partial charge in [0.05, 0.1) is 30.3 Å². The molecule has 1 aromatic heterocycles. The molecule has 2 heterocycles. The second-order valence-corrected chi connectivity index (χ2v) is 10.0. The van der Waals surface area contributed by atoms with E-state index in [1.54, 1.807) is 18.7 Å². The molecule has 8 nitrogen and oxygen atoms in total. The number of hydrogen-bond donors (Lipinski definition) is 0. The van der Waals surface area contributed by atoms with Gasteiger partial charge in [-0.05, 0) is 67.5 Å². The lowest BCUT2D eigenvalue weighted by Crippen LogP contribution is -2.25. The molecule has 1 unspecified atom stereocenters. The van der Waals surface area contributed by atoms with Crippen molar-refractivity contribution in [1.29, 1.82) is 0 Å². The van der Waals surface area contributed by atoms with Gasteiger partial charge in [-0.15, -0.1) is 5.10 Å². The summed E-state index contributed by atoms with van der Waals surface area (Å²) in [5, 5.41) is 9.45. The largest absolute Gasteiger partial charge is 0.497 e. The zero-order chi connectivity index (χ0) is 25.2. The molecule has 0 spiro atoms. The minimum Gasteiger partial charge on any atom is -0.497 e. The summed E-state index contributed by atoms with van der Waals surface area (Å²) in [6.45, 7) is 4.28. The maximum absolute atomic E-state index is 12.6. The lowest BCUT2D eigenvalue weighted by atomic mass is 10.0. The summed E-state index contributed by atoms with van der Waals surface area (Å²) in [6.07, 6.45) is 1.74. The molecule has 10 heteroatoms. The second-order valence-electron chi connectivity index (χ2n) is 9.20. The van der Waals surface area contributed by atoms with Crippen molar-refractivity contribution in [3.8, 4) is 11.6 Å². The zero-order valence-electron chi connectivity index (χ0n) is 20.2. The third kappa shape index (κ3) is 5.11. The highest BCUT2D eigenvalue weighted by Crippen LogP contribution is 2.42. The lowest BCUT2D eigenvalue weighted by molar-refractivity contribution is 0.0510. The van der Waals surface area contributed by atoms with Crippen LogP contribution in [0.1, 0.15) is 35.8 Å². The first-order chi connectivity index (χ1) is 17.4. The van der Waals surface area contributed by atoms with Gasteiger partial charge in [0.2, 0.25) is 11.6 Å². The molecule has 0 amide bonds. The van der Waals surface area contributed by atoms with Crippen LogP contribution in [0.5, 0.6) is 11.6 Å². The summed E-state index contributed by atoms with van der Waals surface area (Å²) >= 11 is 12.3. The fraction of sp³-hybridized carbons (Fsp3) is 0.423. The third-order valence-electron chi connectivity index (χ3n) is 6.90. The van der Waals surface area contributed by atoms with Gasteiger partial charge >= 0.3 is 5.97 Å². The Hall–Kier alpha value is -2.97. The number of anilines is 1. The van der Waals surface area contributed by atoms with Gasteiger partial charge in [0.1, 0.15) is 11.9 Å². The van der Waals surface area contributed by atoms with E-state index in [9.17, 15) is 4.79 Å². The molecule has 2 aromatic carbocycles. The summed E-state index contributed by atoms with van der Waals surface area (Å²) < 4.78 is 18.5. The SMILES string of the molecule is CCOC(=O)c1nnn(Cc2ccc(OC)cc2)c1OC1C[C@@H]2CN(c3ccc(Cl)c(Cl)c3)C[C@@H]2C1. The van der Waals surface area contributed by atoms with Crippen molar-refractivity contribution in [2.75, 3.05) is 31.7 Å². The van der Waals surface area contributed by atoms with Crippen molar-refractivity contribution in [3.63, 3.8) is 0 Å². The van der Waals surface area contributed by atoms with Crippen LogP contribution in [0, 0.1) is 11.8 Å². The number of aromatic nitrogens is 3. The molecule has 3 aromatic rings. The molecular weight excluding hydrogens is 503 g/mol. The van der Waals surface area contributed by atoms with Crippen molar-refractivity contribution >= 4 is 34.9 Å². The highest BCUT2D eigenvalue weighted by atomic mass is 35.5. The van der Waals surface area contributed by atoms with Gasteiger partial charge in [-0.3, -0.25) is 0 Å². The van der Waals surface area contributed by atoms with Crippen LogP contribution in [0.15, 0.2) is 42.5 Å². The first-order valence-electron chi connectivity index (χ1n) is 12.0. The summed E-state index contributed by atoms with van der Waals surface area (Å²) in [4.78, 5) is 14.9. The maximum atomic E-state index is 12.6. The molecule has 1 aliphatic carbocycles. The molecule has 190 valence electrons. The summed E-state index contributed by atoms with van der Waals surface area (Å²) in [5.74, 6) is 1.57. The van der Waals surface area contributed by atoms with E-state index >= 15 is 0 Å². The van der Waals surface area contributed by atoms with Gasteiger partial charge in [0.15, 0.2) is 0 Å². The maximum Gasteiger partial charge on any atom is 0.364 e. The van der Waals surface area contributed by atoms with E-state index in [-0.39, 0.29) is 18.4 Å². The monoisotopic (exact) mass is 530 g/mol. The quantitative estimate of drug-likeness (QED) is 0.374. The van der Waals surface area contributed by atoms with Crippen LogP contribution >= 0.6 is 23.2 Å². The van der Waals surface area contributed by atoms with Gasteiger partial charge in [-0.2, -0.15) is 0 Å². The molecule has 3 atom stereocenters. The van der Waals surface area contributed by atoms with Gasteiger partial charge in [-0.25, -0.2) is 9.48 Å². The summed E-state index contributed by atoms with van der Waals surface area (Å²) in [5.41, 5.74) is 2.18. The predicted molar refractivity (Wildman–Crippen MR) is 137 cm³/mol. The number of nitrogens with zero attached hydrogens (tertiary/aromatic N) is 4. The molecule has 2 aliphatic rings. The summed E-state index contributed by atoms with van der Waals surface area (Å²) in [7, 11) is 1.63. The predicted octanol–water partition coefficient (Wildman–Crippen LogP) is 5.11. The number of benzene rings is 2. The van der Waals surface area contributed by atoms with E-state index in [0.29, 0.717) is 34.3 Å². The summed E-state index contributed by atoms with van der Waals surface area (Å²) in [6, 6.07) is 13.4. The Labute approximate surface area is 220 Å². The minimum atomic E-state index is -0.530. The van der Waals surface area contributed by atoms with E-state index in [1.807, 2.05) is 42.5 Å². The lowest BCUT2D eigenvalue weighted by Gasteiger charge is -2.22. The van der Waals surface area contributed by atoms with Gasteiger partial charge in [0, 0.05) is 18.8 Å². The molecular formula is C26H28Cl2N4O4. The molecule has 0 bridgehead atoms. The van der Waals surface area contributed by atoms with E-state index in [2.05, 4.69) is 15.2 Å². The first kappa shape index (κ1) is 24.7. The van der Waals surface area contributed by atoms with Crippen molar-refractivity contribution in [1.82, 2.24) is 15.0 Å². The Bertz CT molecular complexity index is 1220. The van der Waals surface area contributed by atoms with Gasteiger partial charge < -0.3 is 19.1 Å². The van der Waals surface area contributed by atoms with E-state index < -0.39 is 5.97 Å². The number of carbonyl (C=O) groups is 1. The number of methoxy groups -OCH3 is 1.